The van der Waals surface area contributed by atoms with Gasteiger partial charge in [-0.05, 0) is 109 Å². The van der Waals surface area contributed by atoms with Crippen molar-refractivity contribution in [1.82, 2.24) is 5.32 Å². The molecule has 0 spiro atoms. The van der Waals surface area contributed by atoms with Crippen LogP contribution in [-0.2, 0) is 11.3 Å². The van der Waals surface area contributed by atoms with Gasteiger partial charge in [-0.3, -0.25) is 14.5 Å². The van der Waals surface area contributed by atoms with E-state index >= 15 is 0 Å². The number of allylic oxidation sites excluding steroid dienone is 2. The van der Waals surface area contributed by atoms with Crippen molar-refractivity contribution in [3.05, 3.63) is 95.6 Å². The molecular weight excluding hydrogens is 534 g/mol. The molecule has 0 aromatic heterocycles. The minimum Gasteiger partial charge on any atom is -0.481 e. The molecule has 7 nitrogen and oxygen atoms in total. The molecule has 3 N–H and O–H groups in total. The molecule has 0 bridgehead atoms. The molecule has 8 heteroatoms. The summed E-state index contributed by atoms with van der Waals surface area (Å²) < 4.78 is 0. The van der Waals surface area contributed by atoms with Crippen LogP contribution >= 0.6 is 10.0 Å². The number of nitrogens with zero attached hydrogens (tertiary/aromatic N) is 1. The summed E-state index contributed by atoms with van der Waals surface area (Å²) in [5, 5.41) is 14.5. The molecule has 1 aliphatic carbocycles. The number of carbonyl (C=O) groups is 3. The van der Waals surface area contributed by atoms with Crippen LogP contribution in [0, 0.1) is 0 Å². The van der Waals surface area contributed by atoms with Crippen LogP contribution in [0.15, 0.2) is 83.8 Å². The van der Waals surface area contributed by atoms with Crippen LogP contribution in [-0.4, -0.2) is 48.3 Å². The topological polar surface area (TPSA) is 98.7 Å². The molecule has 216 valence electrons. The van der Waals surface area contributed by atoms with Crippen LogP contribution in [0.25, 0.3) is 5.57 Å². The number of aliphatic carboxylic acids is 1. The van der Waals surface area contributed by atoms with Crippen molar-refractivity contribution >= 4 is 44.9 Å². The minimum absolute atomic E-state index is 0.0642. The van der Waals surface area contributed by atoms with E-state index in [2.05, 4.69) is 53.7 Å². The highest BCUT2D eigenvalue weighted by molar-refractivity contribution is 8.32. The van der Waals surface area contributed by atoms with Gasteiger partial charge in [-0.15, -0.1) is 0 Å². The molecule has 0 heterocycles. The fourth-order valence-electron chi connectivity index (χ4n) is 4.71. The molecule has 0 unspecified atom stereocenters. The zero-order valence-corrected chi connectivity index (χ0v) is 24.8. The van der Waals surface area contributed by atoms with Gasteiger partial charge in [0.15, 0.2) is 0 Å². The second-order valence-electron chi connectivity index (χ2n) is 11.0. The molecule has 3 amide bonds. The van der Waals surface area contributed by atoms with Gasteiger partial charge in [-0.2, -0.15) is 0 Å². The first-order chi connectivity index (χ1) is 19.6. The molecule has 3 aromatic rings. The van der Waals surface area contributed by atoms with E-state index in [1.165, 1.54) is 28.9 Å². The molecule has 0 saturated carbocycles. The highest BCUT2D eigenvalue weighted by Gasteiger charge is 2.19. The summed E-state index contributed by atoms with van der Waals surface area (Å²) in [6.07, 6.45) is 13.5. The lowest BCUT2D eigenvalue weighted by Crippen LogP contribution is -2.34. The molecule has 41 heavy (non-hydrogen) atoms. The second kappa shape index (κ2) is 13.5. The van der Waals surface area contributed by atoms with Crippen LogP contribution in [0.5, 0.6) is 0 Å². The standard InChI is InChI=1S/C33H39N3O4S/c1-41(2,3)30-11-7-10-28(22-30)35-33(40)36(29-18-16-26(17-19-29)25-8-5-4-6-9-25)23-24-12-14-27(15-13-24)32(39)34-21-20-31(37)38/h7-8,10-19,22H,4-6,9,20-21,23H2,1-3H3,(H,34,39)(H,35,40)(H,37,38). The maximum Gasteiger partial charge on any atom is 0.326 e. The van der Waals surface area contributed by atoms with Gasteiger partial charge >= 0.3 is 12.0 Å². The molecular formula is C33H39N3O4S. The number of benzene rings is 3. The number of carbonyl (C=O) groups excluding carboxylic acids is 2. The van der Waals surface area contributed by atoms with Crippen LogP contribution in [0.2, 0.25) is 0 Å². The number of hydrogen-bond donors (Lipinski definition) is 3. The van der Waals surface area contributed by atoms with Crippen molar-refractivity contribution in [3.8, 4) is 0 Å². The van der Waals surface area contributed by atoms with Crippen LogP contribution in [0.1, 0.15) is 53.6 Å². The SMILES string of the molecule is CS(C)(C)c1cccc(NC(=O)N(Cc2ccc(C(=O)NCCC(=O)O)cc2)c2ccc(C3=CCCCC3)cc2)c1. The smallest absolute Gasteiger partial charge is 0.326 e. The number of carboxylic acid groups (broad SMARTS) is 1. The van der Waals surface area contributed by atoms with E-state index in [-0.39, 0.29) is 24.9 Å². The summed E-state index contributed by atoms with van der Waals surface area (Å²) in [6.45, 7) is 0.369. The predicted molar refractivity (Wildman–Crippen MR) is 169 cm³/mol. The lowest BCUT2D eigenvalue weighted by Gasteiger charge is -2.27. The third kappa shape index (κ3) is 8.47. The third-order valence-corrected chi connectivity index (χ3v) is 8.73. The average molecular weight is 574 g/mol. The van der Waals surface area contributed by atoms with Gasteiger partial charge in [0.1, 0.15) is 0 Å². The number of carboxylic acids is 1. The summed E-state index contributed by atoms with van der Waals surface area (Å²) in [4.78, 5) is 39.7. The van der Waals surface area contributed by atoms with E-state index in [1.54, 1.807) is 17.0 Å². The number of anilines is 2. The molecule has 0 saturated heterocycles. The Morgan fingerprint density at radius 3 is 2.29 bits per heavy atom. The maximum absolute atomic E-state index is 13.7. The fraction of sp³-hybridized carbons (Fsp3) is 0.303. The Labute approximate surface area is 244 Å². The molecule has 4 rings (SSSR count). The number of hydrogen-bond acceptors (Lipinski definition) is 3. The molecule has 0 radical (unpaired) electrons. The van der Waals surface area contributed by atoms with E-state index in [0.29, 0.717) is 12.1 Å². The number of nitrogens with one attached hydrogen (secondary N) is 2. The molecule has 1 aliphatic rings. The number of rotatable bonds is 10. The van der Waals surface area contributed by atoms with Gasteiger partial charge in [0.2, 0.25) is 0 Å². The minimum atomic E-state index is -0.964. The Kier molecular flexibility index (Phi) is 9.89. The zero-order chi connectivity index (χ0) is 29.4. The van der Waals surface area contributed by atoms with Crippen LogP contribution < -0.4 is 15.5 Å². The second-order valence-corrected chi connectivity index (χ2v) is 15.1. The van der Waals surface area contributed by atoms with Crippen LogP contribution in [0.4, 0.5) is 16.2 Å². The van der Waals surface area contributed by atoms with E-state index < -0.39 is 16.0 Å². The molecule has 0 atom stereocenters. The van der Waals surface area contributed by atoms with E-state index in [4.69, 9.17) is 5.11 Å². The van der Waals surface area contributed by atoms with Crippen molar-refractivity contribution in [1.29, 1.82) is 0 Å². The van der Waals surface area contributed by atoms with Crippen molar-refractivity contribution < 1.29 is 19.5 Å². The first-order valence-electron chi connectivity index (χ1n) is 13.9. The maximum atomic E-state index is 13.7. The quantitative estimate of drug-likeness (QED) is 0.240. The van der Waals surface area contributed by atoms with Gasteiger partial charge in [-0.1, -0.05) is 36.4 Å². The Morgan fingerprint density at radius 1 is 0.927 bits per heavy atom. The monoisotopic (exact) mass is 573 g/mol. The Hall–Kier alpha value is -4.04. The molecule has 3 aromatic carbocycles. The summed E-state index contributed by atoms with van der Waals surface area (Å²) in [7, 11) is -0.951. The van der Waals surface area contributed by atoms with Crippen molar-refractivity contribution in [2.24, 2.45) is 0 Å². The first-order valence-corrected chi connectivity index (χ1v) is 16.7. The largest absolute Gasteiger partial charge is 0.481 e. The van der Waals surface area contributed by atoms with E-state index in [1.807, 2.05) is 42.5 Å². The van der Waals surface area contributed by atoms with E-state index in [9.17, 15) is 14.4 Å². The van der Waals surface area contributed by atoms with Crippen molar-refractivity contribution in [2.75, 3.05) is 35.5 Å². The lowest BCUT2D eigenvalue weighted by atomic mass is 9.93. The number of amides is 3. The van der Waals surface area contributed by atoms with Gasteiger partial charge in [0.05, 0.1) is 13.0 Å². The normalized spacial score (nSPS) is 13.6. The Morgan fingerprint density at radius 2 is 1.66 bits per heavy atom. The predicted octanol–water partition coefficient (Wildman–Crippen LogP) is 7.14. The van der Waals surface area contributed by atoms with Crippen molar-refractivity contribution in [3.63, 3.8) is 0 Å². The average Bonchev–Trinajstić information content (AvgIpc) is 2.96. The summed E-state index contributed by atoms with van der Waals surface area (Å²) in [5.41, 5.74) is 5.36. The number of urea groups is 1. The summed E-state index contributed by atoms with van der Waals surface area (Å²) in [5.74, 6) is -1.30. The summed E-state index contributed by atoms with van der Waals surface area (Å²) in [6, 6.07) is 22.9. The molecule has 0 fully saturated rings. The van der Waals surface area contributed by atoms with Gasteiger partial charge in [-0.25, -0.2) is 14.8 Å². The van der Waals surface area contributed by atoms with Gasteiger partial charge in [0.25, 0.3) is 5.91 Å². The highest BCUT2D eigenvalue weighted by Crippen LogP contribution is 2.45. The zero-order valence-electron chi connectivity index (χ0n) is 24.0. The molecule has 0 aliphatic heterocycles. The first kappa shape index (κ1) is 29.9. The van der Waals surface area contributed by atoms with Gasteiger partial charge < -0.3 is 15.7 Å². The highest BCUT2D eigenvalue weighted by atomic mass is 32.3. The Balaban J connectivity index is 1.55. The summed E-state index contributed by atoms with van der Waals surface area (Å²) >= 11 is 0. The van der Waals surface area contributed by atoms with Gasteiger partial charge in [0, 0.05) is 23.5 Å². The van der Waals surface area contributed by atoms with E-state index in [0.717, 1.165) is 29.8 Å². The van der Waals surface area contributed by atoms with Crippen LogP contribution in [0.3, 0.4) is 0 Å². The van der Waals surface area contributed by atoms with Crippen molar-refractivity contribution in [2.45, 2.75) is 43.5 Å². The lowest BCUT2D eigenvalue weighted by molar-refractivity contribution is -0.136. The fourth-order valence-corrected chi connectivity index (χ4v) is 5.68. The third-order valence-electron chi connectivity index (χ3n) is 7.06. The Bertz CT molecular complexity index is 1410.